The van der Waals surface area contributed by atoms with Crippen LogP contribution in [-0.2, 0) is 12.8 Å². The van der Waals surface area contributed by atoms with Gasteiger partial charge in [0.2, 0.25) is 0 Å². The molecule has 3 rings (SSSR count). The van der Waals surface area contributed by atoms with Crippen LogP contribution in [0, 0.1) is 11.7 Å². The van der Waals surface area contributed by atoms with Gasteiger partial charge in [-0.15, -0.1) is 0 Å². The van der Waals surface area contributed by atoms with E-state index in [0.29, 0.717) is 10.0 Å². The summed E-state index contributed by atoms with van der Waals surface area (Å²) in [6.45, 7) is 0. The Bertz CT molecular complexity index is 626. The van der Waals surface area contributed by atoms with E-state index in [4.69, 9.17) is 0 Å². The summed E-state index contributed by atoms with van der Waals surface area (Å²) in [6, 6.07) is 13.4. The van der Waals surface area contributed by atoms with E-state index in [9.17, 15) is 9.50 Å². The molecule has 0 bridgehead atoms. The van der Waals surface area contributed by atoms with Crippen molar-refractivity contribution < 1.29 is 9.50 Å². The van der Waals surface area contributed by atoms with E-state index in [1.807, 2.05) is 12.1 Å². The van der Waals surface area contributed by atoms with Crippen molar-refractivity contribution in [3.8, 4) is 0 Å². The molecule has 0 aromatic heterocycles. The van der Waals surface area contributed by atoms with Crippen LogP contribution in [0.5, 0.6) is 0 Å². The molecule has 2 aromatic carbocycles. The lowest BCUT2D eigenvalue weighted by Gasteiger charge is -2.29. The van der Waals surface area contributed by atoms with Crippen molar-refractivity contribution in [2.45, 2.75) is 25.4 Å². The van der Waals surface area contributed by atoms with Gasteiger partial charge in [0.1, 0.15) is 5.82 Å². The number of hydrogen-bond donors (Lipinski definition) is 1. The van der Waals surface area contributed by atoms with Gasteiger partial charge in [0.05, 0.1) is 10.6 Å². The molecule has 20 heavy (non-hydrogen) atoms. The standard InChI is InChI=1S/C17H16BrFO/c18-15-7-3-6-14(16(15)19)17(20)13-9-8-11-4-1-2-5-12(11)10-13/h1-7,13,17,20H,8-10H2. The first-order valence-corrected chi connectivity index (χ1v) is 7.65. The molecule has 0 spiro atoms. The SMILES string of the molecule is OC(c1cccc(Br)c1F)C1CCc2ccccc2C1. The number of rotatable bonds is 2. The fourth-order valence-corrected chi connectivity index (χ4v) is 3.38. The predicted octanol–water partition coefficient (Wildman–Crippen LogP) is 4.43. The molecule has 0 saturated heterocycles. The molecule has 2 aromatic rings. The summed E-state index contributed by atoms with van der Waals surface area (Å²) in [4.78, 5) is 0. The van der Waals surface area contributed by atoms with Crippen molar-refractivity contribution in [1.29, 1.82) is 0 Å². The molecular weight excluding hydrogens is 319 g/mol. The van der Waals surface area contributed by atoms with Gasteiger partial charge in [0, 0.05) is 5.56 Å². The van der Waals surface area contributed by atoms with Gasteiger partial charge in [0.15, 0.2) is 0 Å². The Kier molecular flexibility index (Phi) is 3.90. The summed E-state index contributed by atoms with van der Waals surface area (Å²) in [7, 11) is 0. The second-order valence-corrected chi connectivity index (χ2v) is 6.21. The Morgan fingerprint density at radius 3 is 2.65 bits per heavy atom. The average molecular weight is 335 g/mol. The Labute approximate surface area is 126 Å². The second-order valence-electron chi connectivity index (χ2n) is 5.36. The highest BCUT2D eigenvalue weighted by Crippen LogP contribution is 2.36. The fraction of sp³-hybridized carbons (Fsp3) is 0.294. The van der Waals surface area contributed by atoms with Gasteiger partial charge in [0.25, 0.3) is 0 Å². The Balaban J connectivity index is 1.86. The first-order valence-electron chi connectivity index (χ1n) is 6.85. The third-order valence-electron chi connectivity index (χ3n) is 4.13. The number of aliphatic hydroxyl groups is 1. The third kappa shape index (κ3) is 2.52. The molecule has 0 saturated carbocycles. The molecule has 104 valence electrons. The van der Waals surface area contributed by atoms with Gasteiger partial charge >= 0.3 is 0 Å². The molecule has 1 aliphatic rings. The lowest BCUT2D eigenvalue weighted by atomic mass is 9.79. The maximum atomic E-state index is 14.1. The maximum Gasteiger partial charge on any atom is 0.143 e. The van der Waals surface area contributed by atoms with Crippen molar-refractivity contribution in [2.75, 3.05) is 0 Å². The van der Waals surface area contributed by atoms with E-state index in [1.54, 1.807) is 18.2 Å². The predicted molar refractivity (Wildman–Crippen MR) is 81.0 cm³/mol. The summed E-state index contributed by atoms with van der Waals surface area (Å²) in [5.74, 6) is -0.271. The first-order chi connectivity index (χ1) is 9.66. The molecule has 0 heterocycles. The average Bonchev–Trinajstić information content (AvgIpc) is 2.49. The maximum absolute atomic E-state index is 14.1. The number of aryl methyl sites for hydroxylation is 1. The molecule has 2 unspecified atom stereocenters. The Morgan fingerprint density at radius 1 is 1.10 bits per heavy atom. The zero-order valence-electron chi connectivity index (χ0n) is 11.0. The lowest BCUT2D eigenvalue weighted by molar-refractivity contribution is 0.0958. The normalized spacial score (nSPS) is 19.4. The molecule has 0 fully saturated rings. The van der Waals surface area contributed by atoms with E-state index < -0.39 is 6.10 Å². The van der Waals surface area contributed by atoms with Crippen LogP contribution in [0.15, 0.2) is 46.9 Å². The van der Waals surface area contributed by atoms with Crippen LogP contribution >= 0.6 is 15.9 Å². The molecule has 1 N–H and O–H groups in total. The van der Waals surface area contributed by atoms with Crippen LogP contribution in [0.4, 0.5) is 4.39 Å². The fourth-order valence-electron chi connectivity index (χ4n) is 3.00. The van der Waals surface area contributed by atoms with E-state index in [0.717, 1.165) is 19.3 Å². The van der Waals surface area contributed by atoms with Gasteiger partial charge in [-0.3, -0.25) is 0 Å². The summed E-state index contributed by atoms with van der Waals surface area (Å²) >= 11 is 3.18. The van der Waals surface area contributed by atoms with Gasteiger partial charge in [-0.25, -0.2) is 4.39 Å². The molecule has 2 atom stereocenters. The third-order valence-corrected chi connectivity index (χ3v) is 4.74. The van der Waals surface area contributed by atoms with Crippen molar-refractivity contribution >= 4 is 15.9 Å². The van der Waals surface area contributed by atoms with Gasteiger partial charge in [-0.2, -0.15) is 0 Å². The number of benzene rings is 2. The van der Waals surface area contributed by atoms with Gasteiger partial charge in [-0.05, 0) is 58.3 Å². The van der Waals surface area contributed by atoms with Crippen LogP contribution in [0.3, 0.4) is 0 Å². The van der Waals surface area contributed by atoms with Crippen LogP contribution < -0.4 is 0 Å². The van der Waals surface area contributed by atoms with E-state index in [1.165, 1.54) is 11.1 Å². The highest BCUT2D eigenvalue weighted by molar-refractivity contribution is 9.10. The number of halogens is 2. The number of hydrogen-bond acceptors (Lipinski definition) is 1. The van der Waals surface area contributed by atoms with Gasteiger partial charge in [-0.1, -0.05) is 36.4 Å². The van der Waals surface area contributed by atoms with Gasteiger partial charge < -0.3 is 5.11 Å². The van der Waals surface area contributed by atoms with E-state index >= 15 is 0 Å². The van der Waals surface area contributed by atoms with Crippen molar-refractivity contribution in [2.24, 2.45) is 5.92 Å². The molecule has 1 nitrogen and oxygen atoms in total. The summed E-state index contributed by atoms with van der Waals surface area (Å²) < 4.78 is 14.5. The minimum atomic E-state index is -0.749. The van der Waals surface area contributed by atoms with E-state index in [2.05, 4.69) is 28.1 Å². The van der Waals surface area contributed by atoms with Crippen LogP contribution in [0.2, 0.25) is 0 Å². The molecule has 0 amide bonds. The van der Waals surface area contributed by atoms with Crippen LogP contribution in [0.1, 0.15) is 29.2 Å². The largest absolute Gasteiger partial charge is 0.388 e. The second kappa shape index (κ2) is 5.66. The number of fused-ring (bicyclic) bond motifs is 1. The van der Waals surface area contributed by atoms with E-state index in [-0.39, 0.29) is 11.7 Å². The zero-order valence-corrected chi connectivity index (χ0v) is 12.6. The summed E-state index contributed by atoms with van der Waals surface area (Å²) in [5.41, 5.74) is 3.02. The van der Waals surface area contributed by atoms with Crippen molar-refractivity contribution in [3.63, 3.8) is 0 Å². The summed E-state index contributed by atoms with van der Waals surface area (Å²) in [5, 5.41) is 10.5. The molecule has 0 radical (unpaired) electrons. The summed E-state index contributed by atoms with van der Waals surface area (Å²) in [6.07, 6.45) is 1.90. The highest BCUT2D eigenvalue weighted by atomic mass is 79.9. The quantitative estimate of drug-likeness (QED) is 0.861. The van der Waals surface area contributed by atoms with Crippen molar-refractivity contribution in [1.82, 2.24) is 0 Å². The minimum absolute atomic E-state index is 0.0775. The molecule has 0 aliphatic heterocycles. The topological polar surface area (TPSA) is 20.2 Å². The molecule has 3 heteroatoms. The highest BCUT2D eigenvalue weighted by Gasteiger charge is 2.27. The van der Waals surface area contributed by atoms with Crippen LogP contribution in [0.25, 0.3) is 0 Å². The first kappa shape index (κ1) is 13.8. The van der Waals surface area contributed by atoms with Crippen LogP contribution in [-0.4, -0.2) is 5.11 Å². The Morgan fingerprint density at radius 2 is 1.85 bits per heavy atom. The zero-order chi connectivity index (χ0) is 14.1. The van der Waals surface area contributed by atoms with Crippen molar-refractivity contribution in [3.05, 3.63) is 69.4 Å². The Hall–Kier alpha value is -1.19. The minimum Gasteiger partial charge on any atom is -0.388 e. The smallest absolute Gasteiger partial charge is 0.143 e. The molecule has 1 aliphatic carbocycles. The molecular formula is C17H16BrFO. The number of aliphatic hydroxyl groups excluding tert-OH is 1. The lowest BCUT2D eigenvalue weighted by Crippen LogP contribution is -2.22. The monoisotopic (exact) mass is 334 g/mol.